The molecule has 3 aromatic rings. The Bertz CT molecular complexity index is 1080. The summed E-state index contributed by atoms with van der Waals surface area (Å²) in [6.45, 7) is 5.49. The standard InChI is InChI=1S/C19H24N6O3S/c1-2-15-3-5-16(6-4-15)29(26,27)23-7-8-25-19-17(13-22-25)18(20-14-21-19)24-9-11-28-12-10-24/h3-6,13-14,23H,2,7-12H2,1H3. The molecule has 4 rings (SSSR count). The van der Waals surface area contributed by atoms with E-state index >= 15 is 0 Å². The third kappa shape index (κ3) is 4.24. The summed E-state index contributed by atoms with van der Waals surface area (Å²) in [5, 5.41) is 5.24. The Kier molecular flexibility index (Phi) is 5.74. The van der Waals surface area contributed by atoms with E-state index in [2.05, 4.69) is 24.7 Å². The highest BCUT2D eigenvalue weighted by Crippen LogP contribution is 2.23. The summed E-state index contributed by atoms with van der Waals surface area (Å²) < 4.78 is 34.7. The molecule has 1 aromatic carbocycles. The summed E-state index contributed by atoms with van der Waals surface area (Å²) in [5.74, 6) is 0.834. The first kappa shape index (κ1) is 19.7. The number of hydrogen-bond acceptors (Lipinski definition) is 7. The Morgan fingerprint density at radius 3 is 2.62 bits per heavy atom. The predicted molar refractivity (Wildman–Crippen MR) is 109 cm³/mol. The van der Waals surface area contributed by atoms with Crippen molar-refractivity contribution >= 4 is 26.9 Å². The van der Waals surface area contributed by atoms with Crippen LogP contribution in [0.15, 0.2) is 41.7 Å². The second-order valence-corrected chi connectivity index (χ2v) is 8.56. The van der Waals surface area contributed by atoms with Gasteiger partial charge in [-0.2, -0.15) is 5.10 Å². The lowest BCUT2D eigenvalue weighted by molar-refractivity contribution is 0.122. The van der Waals surface area contributed by atoms with Crippen molar-refractivity contribution in [2.24, 2.45) is 0 Å². The van der Waals surface area contributed by atoms with Crippen LogP contribution in [-0.4, -0.2) is 61.0 Å². The molecule has 154 valence electrons. The molecule has 1 saturated heterocycles. The monoisotopic (exact) mass is 416 g/mol. The molecule has 3 heterocycles. The van der Waals surface area contributed by atoms with Gasteiger partial charge in [-0.3, -0.25) is 0 Å². The Balaban J connectivity index is 1.45. The van der Waals surface area contributed by atoms with Gasteiger partial charge >= 0.3 is 0 Å². The lowest BCUT2D eigenvalue weighted by Gasteiger charge is -2.27. The zero-order chi connectivity index (χ0) is 20.3. The van der Waals surface area contributed by atoms with Gasteiger partial charge in [0.1, 0.15) is 12.1 Å². The average molecular weight is 417 g/mol. The number of aromatic nitrogens is 4. The number of fused-ring (bicyclic) bond motifs is 1. The van der Waals surface area contributed by atoms with Crippen molar-refractivity contribution in [3.8, 4) is 0 Å². The van der Waals surface area contributed by atoms with Gasteiger partial charge in [-0.1, -0.05) is 19.1 Å². The minimum atomic E-state index is -3.56. The highest BCUT2D eigenvalue weighted by molar-refractivity contribution is 7.89. The van der Waals surface area contributed by atoms with Crippen LogP contribution in [0, 0.1) is 0 Å². The van der Waals surface area contributed by atoms with E-state index in [1.807, 2.05) is 19.1 Å². The number of rotatable bonds is 7. The molecule has 0 bridgehead atoms. The van der Waals surface area contributed by atoms with Crippen LogP contribution in [0.4, 0.5) is 5.82 Å². The number of benzene rings is 1. The van der Waals surface area contributed by atoms with Crippen molar-refractivity contribution in [1.29, 1.82) is 0 Å². The summed E-state index contributed by atoms with van der Waals surface area (Å²) >= 11 is 0. The predicted octanol–water partition coefficient (Wildman–Crippen LogP) is 1.20. The van der Waals surface area contributed by atoms with Crippen LogP contribution in [0.3, 0.4) is 0 Å². The van der Waals surface area contributed by atoms with Crippen LogP contribution >= 0.6 is 0 Å². The van der Waals surface area contributed by atoms with Crippen LogP contribution in [0.1, 0.15) is 12.5 Å². The molecule has 1 N–H and O–H groups in total. The molecule has 0 aliphatic carbocycles. The summed E-state index contributed by atoms with van der Waals surface area (Å²) in [7, 11) is -3.56. The van der Waals surface area contributed by atoms with E-state index in [4.69, 9.17) is 4.74 Å². The smallest absolute Gasteiger partial charge is 0.240 e. The maximum absolute atomic E-state index is 12.5. The van der Waals surface area contributed by atoms with E-state index < -0.39 is 10.0 Å². The van der Waals surface area contributed by atoms with Crippen molar-refractivity contribution in [2.75, 3.05) is 37.7 Å². The third-order valence-electron chi connectivity index (χ3n) is 4.98. The first-order valence-corrected chi connectivity index (χ1v) is 11.1. The fourth-order valence-corrected chi connectivity index (χ4v) is 4.37. The highest BCUT2D eigenvalue weighted by Gasteiger charge is 2.18. The van der Waals surface area contributed by atoms with Crippen LogP contribution in [0.25, 0.3) is 11.0 Å². The van der Waals surface area contributed by atoms with Gasteiger partial charge < -0.3 is 9.64 Å². The summed E-state index contributed by atoms with van der Waals surface area (Å²) in [5.41, 5.74) is 1.79. The molecule has 0 radical (unpaired) electrons. The second kappa shape index (κ2) is 8.44. The Morgan fingerprint density at radius 1 is 1.14 bits per heavy atom. The molecule has 0 amide bonds. The molecule has 1 fully saturated rings. The van der Waals surface area contributed by atoms with Gasteiger partial charge in [0, 0.05) is 19.6 Å². The Hall–Kier alpha value is -2.56. The topological polar surface area (TPSA) is 102 Å². The summed E-state index contributed by atoms with van der Waals surface area (Å²) in [4.78, 5) is 11.2. The fourth-order valence-electron chi connectivity index (χ4n) is 3.34. The van der Waals surface area contributed by atoms with Crippen LogP contribution < -0.4 is 9.62 Å². The third-order valence-corrected chi connectivity index (χ3v) is 6.46. The molecule has 0 spiro atoms. The molecule has 2 aromatic heterocycles. The number of sulfonamides is 1. The number of nitrogens with one attached hydrogen (secondary N) is 1. The lowest BCUT2D eigenvalue weighted by Crippen LogP contribution is -2.36. The summed E-state index contributed by atoms with van der Waals surface area (Å²) in [6.07, 6.45) is 4.12. The van der Waals surface area contributed by atoms with Crippen molar-refractivity contribution in [3.63, 3.8) is 0 Å². The molecule has 29 heavy (non-hydrogen) atoms. The van der Waals surface area contributed by atoms with Crippen molar-refractivity contribution in [3.05, 3.63) is 42.4 Å². The van der Waals surface area contributed by atoms with Gasteiger partial charge in [-0.15, -0.1) is 0 Å². The number of ether oxygens (including phenoxy) is 1. The molecular weight excluding hydrogens is 392 g/mol. The fraction of sp³-hybridized carbons (Fsp3) is 0.421. The minimum absolute atomic E-state index is 0.214. The number of aryl methyl sites for hydroxylation is 1. The number of morpholine rings is 1. The van der Waals surface area contributed by atoms with Crippen LogP contribution in [0.2, 0.25) is 0 Å². The van der Waals surface area contributed by atoms with Crippen LogP contribution in [0.5, 0.6) is 0 Å². The van der Waals surface area contributed by atoms with Gasteiger partial charge in [-0.05, 0) is 24.1 Å². The van der Waals surface area contributed by atoms with E-state index in [1.165, 1.54) is 6.33 Å². The van der Waals surface area contributed by atoms with Gasteiger partial charge in [0.05, 0.1) is 36.2 Å². The van der Waals surface area contributed by atoms with E-state index in [-0.39, 0.29) is 11.4 Å². The summed E-state index contributed by atoms with van der Waals surface area (Å²) in [6, 6.07) is 6.93. The largest absolute Gasteiger partial charge is 0.378 e. The van der Waals surface area contributed by atoms with Gasteiger partial charge in [0.15, 0.2) is 5.65 Å². The molecule has 0 atom stereocenters. The van der Waals surface area contributed by atoms with Gasteiger partial charge in [0.25, 0.3) is 0 Å². The maximum Gasteiger partial charge on any atom is 0.240 e. The van der Waals surface area contributed by atoms with E-state index in [0.29, 0.717) is 25.4 Å². The molecule has 10 heteroatoms. The van der Waals surface area contributed by atoms with Crippen molar-refractivity contribution in [1.82, 2.24) is 24.5 Å². The zero-order valence-electron chi connectivity index (χ0n) is 16.3. The maximum atomic E-state index is 12.5. The first-order chi connectivity index (χ1) is 14.1. The molecule has 0 unspecified atom stereocenters. The normalized spacial score (nSPS) is 15.1. The van der Waals surface area contributed by atoms with E-state index in [9.17, 15) is 8.42 Å². The quantitative estimate of drug-likeness (QED) is 0.617. The second-order valence-electron chi connectivity index (χ2n) is 6.80. The Morgan fingerprint density at radius 2 is 1.90 bits per heavy atom. The minimum Gasteiger partial charge on any atom is -0.378 e. The number of hydrogen-bond donors (Lipinski definition) is 1. The van der Waals surface area contributed by atoms with Crippen LogP contribution in [-0.2, 0) is 27.7 Å². The van der Waals surface area contributed by atoms with Crippen molar-refractivity contribution < 1.29 is 13.2 Å². The molecule has 1 aliphatic heterocycles. The molecular formula is C19H24N6O3S. The SMILES string of the molecule is CCc1ccc(S(=O)(=O)NCCn2ncc3c(N4CCOCC4)ncnc32)cc1. The average Bonchev–Trinajstić information content (AvgIpc) is 3.17. The van der Waals surface area contributed by atoms with E-state index in [1.54, 1.807) is 23.0 Å². The van der Waals surface area contributed by atoms with E-state index in [0.717, 1.165) is 36.3 Å². The Labute approximate surface area is 169 Å². The zero-order valence-corrected chi connectivity index (χ0v) is 17.1. The molecule has 0 saturated carbocycles. The number of nitrogens with zero attached hydrogens (tertiary/aromatic N) is 5. The first-order valence-electron chi connectivity index (χ1n) is 9.66. The van der Waals surface area contributed by atoms with Gasteiger partial charge in [-0.25, -0.2) is 27.8 Å². The lowest BCUT2D eigenvalue weighted by atomic mass is 10.2. The molecule has 1 aliphatic rings. The van der Waals surface area contributed by atoms with Gasteiger partial charge in [0.2, 0.25) is 10.0 Å². The van der Waals surface area contributed by atoms with Crippen molar-refractivity contribution in [2.45, 2.75) is 24.8 Å². The highest BCUT2D eigenvalue weighted by atomic mass is 32.2. The molecule has 9 nitrogen and oxygen atoms in total. The number of anilines is 1.